The van der Waals surface area contributed by atoms with Crippen molar-refractivity contribution >= 4 is 15.9 Å². The number of rotatable bonds is 3. The predicted molar refractivity (Wildman–Crippen MR) is 52.8 cm³/mol. The highest BCUT2D eigenvalue weighted by atomic mass is 79.9. The van der Waals surface area contributed by atoms with Crippen molar-refractivity contribution < 1.29 is 5.11 Å². The first-order valence-electron chi connectivity index (χ1n) is 3.86. The molecule has 0 spiro atoms. The monoisotopic (exact) mass is 229 g/mol. The molecule has 0 radical (unpaired) electrons. The fraction of sp³-hybridized carbons (Fsp3) is 0.333. The third-order valence-electron chi connectivity index (χ3n) is 1.77. The van der Waals surface area contributed by atoms with E-state index in [4.69, 9.17) is 10.8 Å². The van der Waals surface area contributed by atoms with Crippen LogP contribution in [0, 0.1) is 0 Å². The lowest BCUT2D eigenvalue weighted by Crippen LogP contribution is -2.03. The van der Waals surface area contributed by atoms with E-state index in [1.54, 1.807) is 0 Å². The van der Waals surface area contributed by atoms with E-state index in [0.717, 1.165) is 15.6 Å². The fourth-order valence-corrected chi connectivity index (χ4v) is 1.56. The average molecular weight is 230 g/mol. The first-order valence-corrected chi connectivity index (χ1v) is 4.65. The molecule has 1 aromatic rings. The summed E-state index contributed by atoms with van der Waals surface area (Å²) in [6.07, 6.45) is 0.673. The van der Waals surface area contributed by atoms with Gasteiger partial charge >= 0.3 is 0 Å². The Bertz CT molecular complexity index is 263. The van der Waals surface area contributed by atoms with Gasteiger partial charge in [-0.2, -0.15) is 0 Å². The van der Waals surface area contributed by atoms with Crippen molar-refractivity contribution in [3.05, 3.63) is 33.8 Å². The minimum absolute atomic E-state index is 0.170. The van der Waals surface area contributed by atoms with Crippen molar-refractivity contribution in [3.63, 3.8) is 0 Å². The maximum Gasteiger partial charge on any atom is 0.0471 e. The molecule has 0 aliphatic rings. The largest absolute Gasteiger partial charge is 0.396 e. The van der Waals surface area contributed by atoms with E-state index in [9.17, 15) is 0 Å². The van der Waals surface area contributed by atoms with Crippen LogP contribution in [0.3, 0.4) is 0 Å². The Labute approximate surface area is 80.5 Å². The second-order valence-corrected chi connectivity index (χ2v) is 3.51. The molecule has 0 aromatic heterocycles. The Balaban J connectivity index is 2.95. The minimum Gasteiger partial charge on any atom is -0.396 e. The summed E-state index contributed by atoms with van der Waals surface area (Å²) >= 11 is 3.37. The van der Waals surface area contributed by atoms with Crippen LogP contribution in [0.25, 0.3) is 0 Å². The third kappa shape index (κ3) is 2.30. The van der Waals surface area contributed by atoms with Gasteiger partial charge in [0.15, 0.2) is 0 Å². The van der Waals surface area contributed by atoms with E-state index in [1.165, 1.54) is 0 Å². The lowest BCUT2D eigenvalue weighted by Gasteiger charge is -2.06. The number of hydrogen-bond acceptors (Lipinski definition) is 2. The van der Waals surface area contributed by atoms with E-state index in [0.29, 0.717) is 13.0 Å². The number of aliphatic hydroxyl groups is 1. The van der Waals surface area contributed by atoms with Gasteiger partial charge in [0, 0.05) is 17.6 Å². The number of nitrogens with two attached hydrogens (primary N) is 1. The van der Waals surface area contributed by atoms with Crippen LogP contribution in [0.5, 0.6) is 0 Å². The zero-order chi connectivity index (χ0) is 8.97. The first-order chi connectivity index (χ1) is 5.77. The quantitative estimate of drug-likeness (QED) is 0.825. The zero-order valence-corrected chi connectivity index (χ0v) is 8.34. The van der Waals surface area contributed by atoms with Gasteiger partial charge in [0.1, 0.15) is 0 Å². The molecular formula is C9H12BrNO. The van der Waals surface area contributed by atoms with Crippen LogP contribution < -0.4 is 5.73 Å². The standard InChI is InChI=1S/C9H12BrNO/c10-9-2-1-8(6-11)7(5-9)3-4-12/h1-2,5,12H,3-4,6,11H2. The smallest absolute Gasteiger partial charge is 0.0471 e. The zero-order valence-electron chi connectivity index (χ0n) is 6.76. The van der Waals surface area contributed by atoms with Crippen molar-refractivity contribution in [1.82, 2.24) is 0 Å². The summed E-state index contributed by atoms with van der Waals surface area (Å²) in [5.41, 5.74) is 7.76. The molecule has 0 heterocycles. The highest BCUT2D eigenvalue weighted by Gasteiger charge is 2.00. The van der Waals surface area contributed by atoms with Gasteiger partial charge in [-0.1, -0.05) is 22.0 Å². The second kappa shape index (κ2) is 4.60. The van der Waals surface area contributed by atoms with Crippen LogP contribution >= 0.6 is 15.9 Å². The molecule has 12 heavy (non-hydrogen) atoms. The van der Waals surface area contributed by atoms with Gasteiger partial charge in [0.25, 0.3) is 0 Å². The van der Waals surface area contributed by atoms with Crippen LogP contribution in [0.15, 0.2) is 22.7 Å². The Morgan fingerprint density at radius 3 is 2.67 bits per heavy atom. The number of hydrogen-bond donors (Lipinski definition) is 2. The molecule has 2 nitrogen and oxygen atoms in total. The molecule has 0 fully saturated rings. The molecule has 3 N–H and O–H groups in total. The maximum atomic E-state index is 8.77. The van der Waals surface area contributed by atoms with Crippen molar-refractivity contribution in [1.29, 1.82) is 0 Å². The molecule has 0 unspecified atom stereocenters. The summed E-state index contributed by atoms with van der Waals surface area (Å²) in [6.45, 7) is 0.700. The normalized spacial score (nSPS) is 10.2. The average Bonchev–Trinajstić information content (AvgIpc) is 2.05. The summed E-state index contributed by atoms with van der Waals surface area (Å²) in [6, 6.07) is 5.94. The van der Waals surface area contributed by atoms with Gasteiger partial charge in [-0.05, 0) is 29.7 Å². The topological polar surface area (TPSA) is 46.2 Å². The summed E-state index contributed by atoms with van der Waals surface area (Å²) in [5.74, 6) is 0. The highest BCUT2D eigenvalue weighted by Crippen LogP contribution is 2.16. The van der Waals surface area contributed by atoms with Gasteiger partial charge in [0.2, 0.25) is 0 Å². The maximum absolute atomic E-state index is 8.77. The van der Waals surface area contributed by atoms with E-state index in [1.807, 2.05) is 18.2 Å². The summed E-state index contributed by atoms with van der Waals surface area (Å²) < 4.78 is 1.03. The predicted octanol–water partition coefficient (Wildman–Crippen LogP) is 1.44. The highest BCUT2D eigenvalue weighted by molar-refractivity contribution is 9.10. The van der Waals surface area contributed by atoms with E-state index < -0.39 is 0 Å². The van der Waals surface area contributed by atoms with Crippen LogP contribution in [0.4, 0.5) is 0 Å². The molecule has 0 bridgehead atoms. The molecule has 1 aromatic carbocycles. The van der Waals surface area contributed by atoms with Crippen LogP contribution in [0.2, 0.25) is 0 Å². The van der Waals surface area contributed by atoms with Gasteiger partial charge < -0.3 is 10.8 Å². The first kappa shape index (κ1) is 9.71. The van der Waals surface area contributed by atoms with Crippen LogP contribution in [-0.2, 0) is 13.0 Å². The van der Waals surface area contributed by atoms with Crippen LogP contribution in [-0.4, -0.2) is 11.7 Å². The molecule has 1 rings (SSSR count). The Morgan fingerprint density at radius 2 is 2.08 bits per heavy atom. The van der Waals surface area contributed by atoms with Gasteiger partial charge in [-0.25, -0.2) is 0 Å². The second-order valence-electron chi connectivity index (χ2n) is 2.59. The molecule has 0 saturated heterocycles. The number of benzene rings is 1. The molecule has 3 heteroatoms. The lowest BCUT2D eigenvalue weighted by molar-refractivity contribution is 0.299. The van der Waals surface area contributed by atoms with E-state index >= 15 is 0 Å². The number of halogens is 1. The Kier molecular flexibility index (Phi) is 3.72. The molecule has 66 valence electrons. The van der Waals surface area contributed by atoms with Gasteiger partial charge in [-0.3, -0.25) is 0 Å². The van der Waals surface area contributed by atoms with E-state index in [2.05, 4.69) is 15.9 Å². The molecule has 0 amide bonds. The van der Waals surface area contributed by atoms with E-state index in [-0.39, 0.29) is 6.61 Å². The number of aliphatic hydroxyl groups excluding tert-OH is 1. The third-order valence-corrected chi connectivity index (χ3v) is 2.26. The summed E-state index contributed by atoms with van der Waals surface area (Å²) in [4.78, 5) is 0. The Hall–Kier alpha value is -0.380. The minimum atomic E-state index is 0.170. The molecular weight excluding hydrogens is 218 g/mol. The molecule has 0 aliphatic carbocycles. The van der Waals surface area contributed by atoms with Gasteiger partial charge in [0.05, 0.1) is 0 Å². The van der Waals surface area contributed by atoms with Crippen LogP contribution in [0.1, 0.15) is 11.1 Å². The van der Waals surface area contributed by atoms with Crippen molar-refractivity contribution in [2.24, 2.45) is 5.73 Å². The Morgan fingerprint density at radius 1 is 1.33 bits per heavy atom. The van der Waals surface area contributed by atoms with Crippen molar-refractivity contribution in [2.45, 2.75) is 13.0 Å². The SMILES string of the molecule is NCc1ccc(Br)cc1CCO. The molecule has 0 saturated carbocycles. The van der Waals surface area contributed by atoms with Crippen molar-refractivity contribution in [3.8, 4) is 0 Å². The molecule has 0 aliphatic heterocycles. The van der Waals surface area contributed by atoms with Crippen molar-refractivity contribution in [2.75, 3.05) is 6.61 Å². The lowest BCUT2D eigenvalue weighted by atomic mass is 10.1. The molecule has 0 atom stereocenters. The van der Waals surface area contributed by atoms with Gasteiger partial charge in [-0.15, -0.1) is 0 Å². The summed E-state index contributed by atoms with van der Waals surface area (Å²) in [7, 11) is 0. The summed E-state index contributed by atoms with van der Waals surface area (Å²) in [5, 5.41) is 8.77. The fourth-order valence-electron chi connectivity index (χ4n) is 1.15.